The van der Waals surface area contributed by atoms with Crippen molar-refractivity contribution in [2.45, 2.75) is 0 Å². The number of nitrogens with zero attached hydrogens (tertiary/aromatic N) is 2. The molecule has 0 fully saturated rings. The smallest absolute Gasteiger partial charge is 0.222 e. The molecule has 0 spiro atoms. The summed E-state index contributed by atoms with van der Waals surface area (Å²) < 4.78 is 12.3. The first-order valence-corrected chi connectivity index (χ1v) is 2.91. The quantitative estimate of drug-likeness (QED) is 0.541. The van der Waals surface area contributed by atoms with Crippen LogP contribution in [0.25, 0.3) is 0 Å². The van der Waals surface area contributed by atoms with Crippen LogP contribution in [0.4, 0.5) is 10.2 Å². The Balaban J connectivity index is 2.96. The van der Waals surface area contributed by atoms with Crippen LogP contribution >= 0.6 is 0 Å². The number of hydrogen-bond acceptors (Lipinski definition) is 2. The first kappa shape index (κ1) is 6.99. The molecule has 0 N–H and O–H groups in total. The predicted molar refractivity (Wildman–Crippen MR) is 37.4 cm³/mol. The molecule has 1 aromatic heterocycles. The van der Waals surface area contributed by atoms with Gasteiger partial charge in [-0.05, 0) is 12.1 Å². The highest BCUT2D eigenvalue weighted by Gasteiger charge is 1.96. The molecule has 0 bridgehead atoms. The maximum Gasteiger partial charge on any atom is 0.222 e. The van der Waals surface area contributed by atoms with Crippen molar-refractivity contribution >= 4 is 5.82 Å². The van der Waals surface area contributed by atoms with Crippen LogP contribution in [-0.4, -0.2) is 19.1 Å². The fraction of sp³-hybridized carbons (Fsp3) is 0.286. The van der Waals surface area contributed by atoms with Crippen molar-refractivity contribution in [2.24, 2.45) is 0 Å². The van der Waals surface area contributed by atoms with Crippen LogP contribution < -0.4 is 4.90 Å². The van der Waals surface area contributed by atoms with Gasteiger partial charge in [-0.25, -0.2) is 4.98 Å². The van der Waals surface area contributed by atoms with Crippen LogP contribution in [0.2, 0.25) is 0 Å². The zero-order valence-electron chi connectivity index (χ0n) is 5.93. The zero-order chi connectivity index (χ0) is 7.56. The molecule has 0 saturated carbocycles. The minimum absolute atomic E-state index is 0.564. The predicted octanol–water partition coefficient (Wildman–Crippen LogP) is 1.09. The highest BCUT2D eigenvalue weighted by molar-refractivity contribution is 5.34. The molecule has 2 nitrogen and oxygen atoms in total. The largest absolute Gasteiger partial charge is 0.363 e. The van der Waals surface area contributed by atoms with Crippen LogP contribution in [0.5, 0.6) is 0 Å². The fourth-order valence-electron chi connectivity index (χ4n) is 0.604. The maximum atomic E-state index is 12.3. The van der Waals surface area contributed by atoms with Gasteiger partial charge in [0.2, 0.25) is 5.95 Å². The standard InChI is InChI=1S/C7H8FN2/c1-10(2)7-5-3-4-6(8)9-7/h3,5H,1-2H3. The number of pyridine rings is 1. The molecule has 1 aromatic rings. The van der Waals surface area contributed by atoms with E-state index in [1.807, 2.05) is 14.1 Å². The molecule has 0 amide bonds. The summed E-state index contributed by atoms with van der Waals surface area (Å²) in [7, 11) is 3.61. The summed E-state index contributed by atoms with van der Waals surface area (Å²) in [5.74, 6) is 0.0439. The van der Waals surface area contributed by atoms with Crippen LogP contribution in [0.3, 0.4) is 0 Å². The SMILES string of the molecule is CN(C)c1cc[c]c(F)n1. The second-order valence-corrected chi connectivity index (χ2v) is 2.13. The Labute approximate surface area is 59.3 Å². The molecule has 1 radical (unpaired) electrons. The molecular formula is C7H8FN2. The van der Waals surface area contributed by atoms with Crippen molar-refractivity contribution in [3.05, 3.63) is 24.1 Å². The first-order chi connectivity index (χ1) is 4.70. The van der Waals surface area contributed by atoms with Crippen molar-refractivity contribution in [3.8, 4) is 0 Å². The molecule has 0 aromatic carbocycles. The Morgan fingerprint density at radius 2 is 2.30 bits per heavy atom. The molecule has 0 atom stereocenters. The van der Waals surface area contributed by atoms with Crippen LogP contribution in [0.15, 0.2) is 12.1 Å². The molecule has 1 rings (SSSR count). The third kappa shape index (κ3) is 1.43. The molecule has 0 aliphatic rings. The van der Waals surface area contributed by atoms with Gasteiger partial charge < -0.3 is 4.90 Å². The molecule has 1 heterocycles. The summed E-state index contributed by atoms with van der Waals surface area (Å²) in [5.41, 5.74) is 0. The molecule has 0 aliphatic heterocycles. The highest BCUT2D eigenvalue weighted by Crippen LogP contribution is 2.05. The molecule has 10 heavy (non-hydrogen) atoms. The summed E-state index contributed by atoms with van der Waals surface area (Å²) >= 11 is 0. The number of aromatic nitrogens is 1. The Bertz CT molecular complexity index is 223. The van der Waals surface area contributed by atoms with Gasteiger partial charge in [0.05, 0.1) is 0 Å². The van der Waals surface area contributed by atoms with Gasteiger partial charge in [-0.3, -0.25) is 0 Å². The summed E-state index contributed by atoms with van der Waals surface area (Å²) in [4.78, 5) is 5.31. The Kier molecular flexibility index (Phi) is 1.85. The van der Waals surface area contributed by atoms with E-state index in [0.717, 1.165) is 0 Å². The van der Waals surface area contributed by atoms with Gasteiger partial charge >= 0.3 is 0 Å². The summed E-state index contributed by atoms with van der Waals surface area (Å²) in [6, 6.07) is 5.53. The maximum absolute atomic E-state index is 12.3. The van der Waals surface area contributed by atoms with Gasteiger partial charge in [0, 0.05) is 20.2 Å². The topological polar surface area (TPSA) is 16.1 Å². The number of rotatable bonds is 1. The minimum atomic E-state index is -0.564. The van der Waals surface area contributed by atoms with Gasteiger partial charge in [0.1, 0.15) is 5.82 Å². The number of halogens is 1. The number of hydrogen-bond donors (Lipinski definition) is 0. The van der Waals surface area contributed by atoms with Crippen LogP contribution in [0.1, 0.15) is 0 Å². The first-order valence-electron chi connectivity index (χ1n) is 2.91. The Morgan fingerprint density at radius 3 is 2.70 bits per heavy atom. The van der Waals surface area contributed by atoms with E-state index in [1.54, 1.807) is 11.0 Å². The third-order valence-corrected chi connectivity index (χ3v) is 1.11. The fourth-order valence-corrected chi connectivity index (χ4v) is 0.604. The highest BCUT2D eigenvalue weighted by atomic mass is 19.1. The van der Waals surface area contributed by atoms with Crippen molar-refractivity contribution in [1.82, 2.24) is 4.98 Å². The lowest BCUT2D eigenvalue weighted by atomic mass is 10.4. The Morgan fingerprint density at radius 1 is 1.60 bits per heavy atom. The molecule has 0 unspecified atom stereocenters. The second-order valence-electron chi connectivity index (χ2n) is 2.13. The van der Waals surface area contributed by atoms with E-state index in [2.05, 4.69) is 11.1 Å². The lowest BCUT2D eigenvalue weighted by molar-refractivity contribution is 0.581. The lowest BCUT2D eigenvalue weighted by Gasteiger charge is -2.09. The van der Waals surface area contributed by atoms with Crippen LogP contribution in [-0.2, 0) is 0 Å². The molecular weight excluding hydrogens is 131 g/mol. The minimum Gasteiger partial charge on any atom is -0.363 e. The zero-order valence-corrected chi connectivity index (χ0v) is 5.93. The van der Waals surface area contributed by atoms with E-state index in [0.29, 0.717) is 5.82 Å². The Hall–Kier alpha value is -1.12. The third-order valence-electron chi connectivity index (χ3n) is 1.11. The average molecular weight is 139 g/mol. The molecule has 0 saturated heterocycles. The summed E-state index contributed by atoms with van der Waals surface area (Å²) in [6.07, 6.45) is 0. The summed E-state index contributed by atoms with van der Waals surface area (Å²) in [5, 5.41) is 0. The van der Waals surface area contributed by atoms with E-state index in [1.165, 1.54) is 6.07 Å². The van der Waals surface area contributed by atoms with Crippen molar-refractivity contribution in [3.63, 3.8) is 0 Å². The molecule has 0 aliphatic carbocycles. The van der Waals surface area contributed by atoms with E-state index >= 15 is 0 Å². The second kappa shape index (κ2) is 2.64. The van der Waals surface area contributed by atoms with E-state index in [-0.39, 0.29) is 0 Å². The number of anilines is 1. The van der Waals surface area contributed by atoms with Gasteiger partial charge in [-0.15, -0.1) is 0 Å². The molecule has 3 heteroatoms. The van der Waals surface area contributed by atoms with Gasteiger partial charge in [-0.2, -0.15) is 4.39 Å². The van der Waals surface area contributed by atoms with E-state index in [4.69, 9.17) is 0 Å². The van der Waals surface area contributed by atoms with Crippen molar-refractivity contribution in [1.29, 1.82) is 0 Å². The van der Waals surface area contributed by atoms with Gasteiger partial charge in [-0.1, -0.05) is 0 Å². The van der Waals surface area contributed by atoms with Crippen molar-refractivity contribution < 1.29 is 4.39 Å². The molecule has 53 valence electrons. The van der Waals surface area contributed by atoms with Gasteiger partial charge in [0.15, 0.2) is 0 Å². The van der Waals surface area contributed by atoms with Crippen LogP contribution in [0, 0.1) is 12.0 Å². The monoisotopic (exact) mass is 139 g/mol. The normalized spacial score (nSPS) is 9.50. The lowest BCUT2D eigenvalue weighted by Crippen LogP contribution is -2.10. The van der Waals surface area contributed by atoms with E-state index < -0.39 is 5.95 Å². The van der Waals surface area contributed by atoms with Crippen molar-refractivity contribution in [2.75, 3.05) is 19.0 Å². The van der Waals surface area contributed by atoms with Gasteiger partial charge in [0.25, 0.3) is 0 Å². The average Bonchev–Trinajstić information content (AvgIpc) is 1.88. The van der Waals surface area contributed by atoms with E-state index in [9.17, 15) is 4.39 Å². The summed E-state index contributed by atoms with van der Waals surface area (Å²) in [6.45, 7) is 0.